The van der Waals surface area contributed by atoms with Crippen LogP contribution in [-0.2, 0) is 6.54 Å². The highest BCUT2D eigenvalue weighted by Crippen LogP contribution is 2.19. The Morgan fingerprint density at radius 2 is 1.80 bits per heavy atom. The Labute approximate surface area is 145 Å². The number of hydrogen-bond acceptors (Lipinski definition) is 3. The summed E-state index contributed by atoms with van der Waals surface area (Å²) in [4.78, 5) is 26.2. The molecule has 132 valence electrons. The summed E-state index contributed by atoms with van der Waals surface area (Å²) in [6.45, 7) is 0.629. The highest BCUT2D eigenvalue weighted by Gasteiger charge is 2.26. The molecule has 1 saturated carbocycles. The van der Waals surface area contributed by atoms with Crippen molar-refractivity contribution in [3.8, 4) is 0 Å². The zero-order valence-electron chi connectivity index (χ0n) is 13.9. The number of pyridine rings is 1. The minimum Gasteiger partial charge on any atom is -0.348 e. The molecule has 0 unspecified atom stereocenters. The Morgan fingerprint density at radius 1 is 1.08 bits per heavy atom. The first-order valence-corrected chi connectivity index (χ1v) is 8.59. The fourth-order valence-corrected chi connectivity index (χ4v) is 3.20. The maximum Gasteiger partial charge on any atom is 0.251 e. The second-order valence-electron chi connectivity index (χ2n) is 6.42. The topological polar surface area (TPSA) is 74.0 Å². The molecule has 0 bridgehead atoms. The van der Waals surface area contributed by atoms with Crippen molar-refractivity contribution in [2.45, 2.75) is 44.3 Å². The maximum atomic E-state index is 13.0. The van der Waals surface area contributed by atoms with Crippen LogP contribution in [0.4, 0.5) is 4.39 Å². The molecule has 1 aliphatic rings. The van der Waals surface area contributed by atoms with Crippen molar-refractivity contribution in [1.82, 2.24) is 15.6 Å². The van der Waals surface area contributed by atoms with E-state index in [1.54, 1.807) is 12.3 Å². The molecule has 1 aliphatic carbocycles. The standard InChI is InChI=1S/C19H22FN3O2/c20-15-8-6-14(7-9-15)19(25)23-17-4-2-1-3-16(17)21-11-13-5-10-18(24)22-12-13/h5-10,12,16-17,21H,1-4,11H2,(H,22,24)(H,23,25)/t16-,17+/m0/s1. The van der Waals surface area contributed by atoms with Gasteiger partial charge in [0.05, 0.1) is 0 Å². The second-order valence-corrected chi connectivity index (χ2v) is 6.42. The summed E-state index contributed by atoms with van der Waals surface area (Å²) >= 11 is 0. The number of benzene rings is 1. The van der Waals surface area contributed by atoms with Crippen LogP contribution in [0.25, 0.3) is 0 Å². The van der Waals surface area contributed by atoms with Gasteiger partial charge in [0.25, 0.3) is 5.91 Å². The summed E-state index contributed by atoms with van der Waals surface area (Å²) < 4.78 is 13.0. The number of hydrogen-bond donors (Lipinski definition) is 3. The van der Waals surface area contributed by atoms with Crippen LogP contribution in [0.1, 0.15) is 41.6 Å². The molecule has 25 heavy (non-hydrogen) atoms. The molecule has 6 heteroatoms. The van der Waals surface area contributed by atoms with Crippen LogP contribution in [0.15, 0.2) is 47.4 Å². The van der Waals surface area contributed by atoms with Crippen LogP contribution in [0.3, 0.4) is 0 Å². The predicted molar refractivity (Wildman–Crippen MR) is 93.8 cm³/mol. The number of H-pyrrole nitrogens is 1. The summed E-state index contributed by atoms with van der Waals surface area (Å²) in [5.41, 5.74) is 1.34. The molecular formula is C19H22FN3O2. The van der Waals surface area contributed by atoms with Gasteiger partial charge in [0.1, 0.15) is 5.82 Å². The van der Waals surface area contributed by atoms with Gasteiger partial charge in [-0.05, 0) is 42.7 Å². The van der Waals surface area contributed by atoms with Crippen molar-refractivity contribution in [3.63, 3.8) is 0 Å². The van der Waals surface area contributed by atoms with Crippen LogP contribution in [0.2, 0.25) is 0 Å². The van der Waals surface area contributed by atoms with E-state index in [0.717, 1.165) is 31.2 Å². The average molecular weight is 343 g/mol. The summed E-state index contributed by atoms with van der Waals surface area (Å²) in [7, 11) is 0. The normalized spacial score (nSPS) is 20.2. The Kier molecular flexibility index (Phi) is 5.60. The van der Waals surface area contributed by atoms with Crippen molar-refractivity contribution in [2.24, 2.45) is 0 Å². The molecule has 1 amide bonds. The third-order valence-electron chi connectivity index (χ3n) is 4.61. The Hall–Kier alpha value is -2.47. The molecule has 1 fully saturated rings. The van der Waals surface area contributed by atoms with E-state index < -0.39 is 0 Å². The lowest BCUT2D eigenvalue weighted by molar-refractivity contribution is 0.0915. The summed E-state index contributed by atoms with van der Waals surface area (Å²) in [5, 5.41) is 6.55. The largest absolute Gasteiger partial charge is 0.348 e. The molecule has 0 spiro atoms. The van der Waals surface area contributed by atoms with E-state index in [0.29, 0.717) is 12.1 Å². The first kappa shape index (κ1) is 17.4. The molecule has 2 atom stereocenters. The number of amides is 1. The van der Waals surface area contributed by atoms with Gasteiger partial charge in [0.2, 0.25) is 5.56 Å². The van der Waals surface area contributed by atoms with Gasteiger partial charge in [-0.25, -0.2) is 4.39 Å². The SMILES string of the molecule is O=C(N[C@@H]1CCCC[C@@H]1NCc1ccc(=O)[nH]c1)c1ccc(F)cc1. The minimum atomic E-state index is -0.352. The predicted octanol–water partition coefficient (Wildman–Crippen LogP) is 2.34. The Bertz CT molecular complexity index is 752. The average Bonchev–Trinajstić information content (AvgIpc) is 2.63. The zero-order valence-corrected chi connectivity index (χ0v) is 13.9. The molecule has 2 aromatic rings. The molecule has 3 rings (SSSR count). The summed E-state index contributed by atoms with van der Waals surface area (Å²) in [6, 6.07) is 9.08. The molecule has 5 nitrogen and oxygen atoms in total. The monoisotopic (exact) mass is 343 g/mol. The lowest BCUT2D eigenvalue weighted by atomic mass is 9.90. The maximum absolute atomic E-state index is 13.0. The molecule has 1 aromatic carbocycles. The molecule has 3 N–H and O–H groups in total. The second kappa shape index (κ2) is 8.07. The number of aromatic nitrogens is 1. The van der Waals surface area contributed by atoms with Gasteiger partial charge in [-0.2, -0.15) is 0 Å². The van der Waals surface area contributed by atoms with Crippen LogP contribution < -0.4 is 16.2 Å². The van der Waals surface area contributed by atoms with Gasteiger partial charge < -0.3 is 15.6 Å². The van der Waals surface area contributed by atoms with Gasteiger partial charge in [-0.1, -0.05) is 18.9 Å². The molecule has 0 saturated heterocycles. The van der Waals surface area contributed by atoms with Gasteiger partial charge in [0, 0.05) is 36.5 Å². The number of halogens is 1. The smallest absolute Gasteiger partial charge is 0.251 e. The zero-order chi connectivity index (χ0) is 17.6. The number of carbonyl (C=O) groups is 1. The van der Waals surface area contributed by atoms with Crippen LogP contribution in [-0.4, -0.2) is 23.0 Å². The number of rotatable bonds is 5. The highest BCUT2D eigenvalue weighted by atomic mass is 19.1. The van der Waals surface area contributed by atoms with Gasteiger partial charge in [-0.15, -0.1) is 0 Å². The molecule has 1 heterocycles. The molecule has 0 radical (unpaired) electrons. The minimum absolute atomic E-state index is 0.0362. The Balaban J connectivity index is 1.60. The summed E-state index contributed by atoms with van der Waals surface area (Å²) in [6.07, 6.45) is 5.79. The van der Waals surface area contributed by atoms with Crippen molar-refractivity contribution >= 4 is 5.91 Å². The fourth-order valence-electron chi connectivity index (χ4n) is 3.20. The van der Waals surface area contributed by atoms with Gasteiger partial charge >= 0.3 is 0 Å². The fraction of sp³-hybridized carbons (Fsp3) is 0.368. The van der Waals surface area contributed by atoms with E-state index in [1.165, 1.54) is 30.3 Å². The quantitative estimate of drug-likeness (QED) is 0.780. The van der Waals surface area contributed by atoms with Gasteiger partial charge in [-0.3, -0.25) is 9.59 Å². The Morgan fingerprint density at radius 3 is 2.48 bits per heavy atom. The lowest BCUT2D eigenvalue weighted by Gasteiger charge is -2.33. The van der Waals surface area contributed by atoms with Crippen molar-refractivity contribution in [3.05, 3.63) is 69.9 Å². The van der Waals surface area contributed by atoms with E-state index >= 15 is 0 Å². The summed E-state index contributed by atoms with van der Waals surface area (Å²) in [5.74, 6) is -0.530. The van der Waals surface area contributed by atoms with E-state index in [-0.39, 0.29) is 29.4 Å². The highest BCUT2D eigenvalue weighted by molar-refractivity contribution is 5.94. The van der Waals surface area contributed by atoms with Crippen molar-refractivity contribution in [1.29, 1.82) is 0 Å². The van der Waals surface area contributed by atoms with Gasteiger partial charge in [0.15, 0.2) is 0 Å². The van der Waals surface area contributed by atoms with E-state index in [1.807, 2.05) is 0 Å². The van der Waals surface area contributed by atoms with Crippen LogP contribution >= 0.6 is 0 Å². The molecule has 0 aliphatic heterocycles. The molecular weight excluding hydrogens is 321 g/mol. The van der Waals surface area contributed by atoms with Crippen molar-refractivity contribution < 1.29 is 9.18 Å². The van der Waals surface area contributed by atoms with Crippen molar-refractivity contribution in [2.75, 3.05) is 0 Å². The number of carbonyl (C=O) groups excluding carboxylic acids is 1. The third-order valence-corrected chi connectivity index (χ3v) is 4.61. The van der Waals surface area contributed by atoms with Crippen LogP contribution in [0.5, 0.6) is 0 Å². The number of aromatic amines is 1. The van der Waals surface area contributed by atoms with Crippen LogP contribution in [0, 0.1) is 5.82 Å². The van der Waals surface area contributed by atoms with E-state index in [2.05, 4.69) is 15.6 Å². The van der Waals surface area contributed by atoms with E-state index in [9.17, 15) is 14.0 Å². The lowest BCUT2D eigenvalue weighted by Crippen LogP contribution is -2.51. The number of nitrogens with one attached hydrogen (secondary N) is 3. The third kappa shape index (κ3) is 4.76. The first-order valence-electron chi connectivity index (χ1n) is 8.59. The molecule has 1 aromatic heterocycles. The first-order chi connectivity index (χ1) is 12.1. The van der Waals surface area contributed by atoms with E-state index in [4.69, 9.17) is 0 Å².